The lowest BCUT2D eigenvalue weighted by Crippen LogP contribution is -2.32. The van der Waals surface area contributed by atoms with Crippen LogP contribution in [0.3, 0.4) is 0 Å². The van der Waals surface area contributed by atoms with Gasteiger partial charge in [-0.15, -0.1) is 0 Å². The van der Waals surface area contributed by atoms with E-state index >= 15 is 0 Å². The number of pyridine rings is 1. The molecule has 4 aromatic rings. The Morgan fingerprint density at radius 2 is 1.83 bits per heavy atom. The number of anilines is 2. The number of rotatable bonds is 4. The van der Waals surface area contributed by atoms with E-state index in [1.54, 1.807) is 24.4 Å². The van der Waals surface area contributed by atoms with E-state index in [4.69, 9.17) is 11.6 Å². The van der Waals surface area contributed by atoms with Gasteiger partial charge in [-0.05, 0) is 60.7 Å². The van der Waals surface area contributed by atoms with Gasteiger partial charge in [0.1, 0.15) is 5.82 Å². The molecule has 36 heavy (non-hydrogen) atoms. The van der Waals surface area contributed by atoms with E-state index in [1.807, 2.05) is 30.3 Å². The van der Waals surface area contributed by atoms with E-state index in [1.165, 1.54) is 16.4 Å². The molecule has 0 bridgehead atoms. The average molecular weight is 524 g/mol. The second kappa shape index (κ2) is 9.87. The number of hydrogen-bond donors (Lipinski definition) is 1. The van der Waals surface area contributed by atoms with Crippen molar-refractivity contribution in [3.63, 3.8) is 0 Å². The first kappa shape index (κ1) is 24.2. The minimum absolute atomic E-state index is 0.0291. The average Bonchev–Trinajstić information content (AvgIpc) is 3.04. The Morgan fingerprint density at radius 3 is 2.67 bits per heavy atom. The van der Waals surface area contributed by atoms with Gasteiger partial charge in [0.05, 0.1) is 27.7 Å². The van der Waals surface area contributed by atoms with E-state index in [-0.39, 0.29) is 17.0 Å². The Morgan fingerprint density at radius 1 is 1.00 bits per heavy atom. The molecular weight excluding hydrogens is 501 g/mol. The zero-order valence-electron chi connectivity index (χ0n) is 19.2. The van der Waals surface area contributed by atoms with Crippen molar-refractivity contribution in [2.24, 2.45) is 0 Å². The fraction of sp³-hybridized carbons (Fsp3) is 0.185. The molecule has 1 aliphatic heterocycles. The Labute approximate surface area is 213 Å². The van der Waals surface area contributed by atoms with Crippen LogP contribution >= 0.6 is 11.6 Å². The molecule has 0 atom stereocenters. The minimum Gasteiger partial charge on any atom is -0.322 e. The molecule has 0 radical (unpaired) electrons. The van der Waals surface area contributed by atoms with Gasteiger partial charge in [0, 0.05) is 29.4 Å². The zero-order valence-corrected chi connectivity index (χ0v) is 20.8. The van der Waals surface area contributed by atoms with Gasteiger partial charge in [0.25, 0.3) is 5.91 Å². The number of hydrogen-bond acceptors (Lipinski definition) is 4. The second-order valence-electron chi connectivity index (χ2n) is 8.64. The van der Waals surface area contributed by atoms with Gasteiger partial charge < -0.3 is 5.32 Å². The van der Waals surface area contributed by atoms with Crippen molar-refractivity contribution in [1.29, 1.82) is 0 Å². The highest BCUT2D eigenvalue weighted by Gasteiger charge is 2.26. The van der Waals surface area contributed by atoms with Crippen LogP contribution in [-0.4, -0.2) is 31.6 Å². The summed E-state index contributed by atoms with van der Waals surface area (Å²) in [6.45, 7) is 0.295. The minimum atomic E-state index is -3.51. The first-order valence-corrected chi connectivity index (χ1v) is 13.6. The molecule has 5 rings (SSSR count). The highest BCUT2D eigenvalue weighted by Crippen LogP contribution is 2.34. The topological polar surface area (TPSA) is 79.4 Å². The number of aromatic nitrogens is 1. The molecular formula is C27H23ClFN3O3S. The number of sulfonamides is 1. The standard InChI is InChI=1S/C27H23ClFN3O3S/c28-24-11-8-19(16-23(24)26-21-7-3-2-6-18(21)12-13-30-26)31-27(33)22-10-9-20(17-25(22)29)32-14-4-1-5-15-36(32,34)35/h2-3,6-13,16-17H,1,4-5,14-15H2,(H,31,33). The number of nitrogens with one attached hydrogen (secondary N) is 1. The normalized spacial score (nSPS) is 15.4. The molecule has 184 valence electrons. The molecule has 1 amide bonds. The predicted octanol–water partition coefficient (Wildman–Crippen LogP) is 6.27. The summed E-state index contributed by atoms with van der Waals surface area (Å²) in [6, 6.07) is 18.5. The molecule has 1 saturated heterocycles. The van der Waals surface area contributed by atoms with E-state index in [0.29, 0.717) is 41.4 Å². The van der Waals surface area contributed by atoms with Crippen LogP contribution in [0, 0.1) is 5.82 Å². The number of benzene rings is 3. The van der Waals surface area contributed by atoms with Gasteiger partial charge in [-0.1, -0.05) is 42.3 Å². The lowest BCUT2D eigenvalue weighted by atomic mass is 10.0. The molecule has 9 heteroatoms. The van der Waals surface area contributed by atoms with Crippen molar-refractivity contribution < 1.29 is 17.6 Å². The highest BCUT2D eigenvalue weighted by atomic mass is 35.5. The van der Waals surface area contributed by atoms with Crippen LogP contribution in [0.5, 0.6) is 0 Å². The summed E-state index contributed by atoms with van der Waals surface area (Å²) in [6.07, 6.45) is 3.78. The third-order valence-electron chi connectivity index (χ3n) is 6.24. The van der Waals surface area contributed by atoms with Crippen LogP contribution in [0.25, 0.3) is 22.0 Å². The molecule has 0 spiro atoms. The van der Waals surface area contributed by atoms with Crippen molar-refractivity contribution in [1.82, 2.24) is 4.98 Å². The Balaban J connectivity index is 1.42. The fourth-order valence-corrected chi connectivity index (χ4v) is 6.25. The number of nitrogens with zero attached hydrogens (tertiary/aromatic N) is 2. The van der Waals surface area contributed by atoms with Gasteiger partial charge >= 0.3 is 0 Å². The smallest absolute Gasteiger partial charge is 0.258 e. The number of halogens is 2. The van der Waals surface area contributed by atoms with Crippen LogP contribution in [0.15, 0.2) is 72.9 Å². The van der Waals surface area contributed by atoms with Crippen molar-refractivity contribution in [2.75, 3.05) is 21.9 Å². The third-order valence-corrected chi connectivity index (χ3v) is 8.44. The Kier molecular flexibility index (Phi) is 6.64. The molecule has 0 saturated carbocycles. The van der Waals surface area contributed by atoms with Crippen molar-refractivity contribution in [2.45, 2.75) is 19.3 Å². The van der Waals surface area contributed by atoms with Gasteiger partial charge in [-0.2, -0.15) is 0 Å². The fourth-order valence-electron chi connectivity index (χ4n) is 4.42. The van der Waals surface area contributed by atoms with Crippen LogP contribution in [0.2, 0.25) is 5.02 Å². The van der Waals surface area contributed by atoms with Gasteiger partial charge in [-0.25, -0.2) is 12.8 Å². The number of carbonyl (C=O) groups is 1. The molecule has 1 N–H and O–H groups in total. The predicted molar refractivity (Wildman–Crippen MR) is 142 cm³/mol. The molecule has 2 heterocycles. The molecule has 3 aromatic carbocycles. The summed E-state index contributed by atoms with van der Waals surface area (Å²) in [5, 5.41) is 5.09. The molecule has 1 fully saturated rings. The Hall–Kier alpha value is -3.49. The molecule has 1 aromatic heterocycles. The lowest BCUT2D eigenvalue weighted by molar-refractivity contribution is 0.102. The van der Waals surface area contributed by atoms with E-state index in [9.17, 15) is 17.6 Å². The molecule has 1 aliphatic rings. The SMILES string of the molecule is O=C(Nc1ccc(Cl)c(-c2nccc3ccccc23)c1)c1ccc(N2CCCCCS2(=O)=O)cc1F. The maximum absolute atomic E-state index is 15.0. The summed E-state index contributed by atoms with van der Waals surface area (Å²) in [4.78, 5) is 17.4. The van der Waals surface area contributed by atoms with Crippen molar-refractivity contribution in [3.8, 4) is 11.3 Å². The Bertz CT molecular complexity index is 1570. The highest BCUT2D eigenvalue weighted by molar-refractivity contribution is 7.92. The van der Waals surface area contributed by atoms with Gasteiger partial charge in [0.2, 0.25) is 10.0 Å². The first-order valence-electron chi connectivity index (χ1n) is 11.6. The largest absolute Gasteiger partial charge is 0.322 e. The van der Waals surface area contributed by atoms with Crippen LogP contribution in [0.4, 0.5) is 15.8 Å². The van der Waals surface area contributed by atoms with Crippen LogP contribution < -0.4 is 9.62 Å². The summed E-state index contributed by atoms with van der Waals surface area (Å²) < 4.78 is 41.3. The van der Waals surface area contributed by atoms with E-state index < -0.39 is 21.7 Å². The van der Waals surface area contributed by atoms with Crippen molar-refractivity contribution >= 4 is 49.7 Å². The summed E-state index contributed by atoms with van der Waals surface area (Å²) in [7, 11) is -3.51. The maximum atomic E-state index is 15.0. The molecule has 0 aliphatic carbocycles. The summed E-state index contributed by atoms with van der Waals surface area (Å²) in [5.74, 6) is -1.42. The van der Waals surface area contributed by atoms with Crippen LogP contribution in [0.1, 0.15) is 29.6 Å². The van der Waals surface area contributed by atoms with Crippen LogP contribution in [-0.2, 0) is 10.0 Å². The molecule has 6 nitrogen and oxygen atoms in total. The quantitative estimate of drug-likeness (QED) is 0.342. The van der Waals surface area contributed by atoms with Gasteiger partial charge in [-0.3, -0.25) is 14.1 Å². The molecule has 0 unspecified atom stereocenters. The van der Waals surface area contributed by atoms with E-state index in [0.717, 1.165) is 23.3 Å². The maximum Gasteiger partial charge on any atom is 0.258 e. The second-order valence-corrected chi connectivity index (χ2v) is 11.1. The van der Waals surface area contributed by atoms with Gasteiger partial charge in [0.15, 0.2) is 0 Å². The summed E-state index contributed by atoms with van der Waals surface area (Å²) >= 11 is 6.47. The van der Waals surface area contributed by atoms with E-state index in [2.05, 4.69) is 10.3 Å². The third kappa shape index (κ3) is 4.79. The number of amides is 1. The first-order chi connectivity index (χ1) is 17.3. The van der Waals surface area contributed by atoms with Crippen molar-refractivity contribution in [3.05, 3.63) is 89.3 Å². The summed E-state index contributed by atoms with van der Waals surface area (Å²) in [5.41, 5.74) is 1.76. The monoisotopic (exact) mass is 523 g/mol. The zero-order chi connectivity index (χ0) is 25.3. The number of carbonyl (C=O) groups excluding carboxylic acids is 1. The lowest BCUT2D eigenvalue weighted by Gasteiger charge is -2.22. The number of fused-ring (bicyclic) bond motifs is 1.